The molecule has 0 bridgehead atoms. The van der Waals surface area contributed by atoms with Crippen LogP contribution in [-0.4, -0.2) is 16.5 Å². The lowest BCUT2D eigenvalue weighted by Gasteiger charge is -2.09. The Morgan fingerprint density at radius 2 is 2.06 bits per heavy atom. The van der Waals surface area contributed by atoms with Crippen molar-refractivity contribution in [1.29, 1.82) is 0 Å². The molecule has 1 aromatic heterocycles. The van der Waals surface area contributed by atoms with Crippen molar-refractivity contribution < 1.29 is 0 Å². The molecule has 18 heavy (non-hydrogen) atoms. The van der Waals surface area contributed by atoms with Crippen LogP contribution in [0.1, 0.15) is 6.92 Å². The summed E-state index contributed by atoms with van der Waals surface area (Å²) in [7, 11) is 0. The van der Waals surface area contributed by atoms with E-state index in [1.165, 1.54) is 6.33 Å². The maximum absolute atomic E-state index is 6.03. The van der Waals surface area contributed by atoms with E-state index >= 15 is 0 Å². The lowest BCUT2D eigenvalue weighted by atomic mass is 10.3. The molecule has 0 saturated carbocycles. The topological polar surface area (TPSA) is 49.8 Å². The van der Waals surface area contributed by atoms with E-state index in [4.69, 9.17) is 11.6 Å². The molecule has 94 valence electrons. The predicted octanol–water partition coefficient (Wildman–Crippen LogP) is 4.07. The van der Waals surface area contributed by atoms with E-state index < -0.39 is 0 Å². The molecular formula is C12H12BrClN4. The summed E-state index contributed by atoms with van der Waals surface area (Å²) >= 11 is 9.46. The largest absolute Gasteiger partial charge is 0.370 e. The van der Waals surface area contributed by atoms with Crippen LogP contribution in [-0.2, 0) is 0 Å². The number of anilines is 3. The molecule has 0 saturated heterocycles. The first kappa shape index (κ1) is 13.1. The summed E-state index contributed by atoms with van der Waals surface area (Å²) in [4.78, 5) is 8.27. The molecule has 6 heteroatoms. The van der Waals surface area contributed by atoms with E-state index in [9.17, 15) is 0 Å². The third-order valence-electron chi connectivity index (χ3n) is 2.24. The zero-order valence-corrected chi connectivity index (χ0v) is 12.1. The van der Waals surface area contributed by atoms with Crippen molar-refractivity contribution in [3.63, 3.8) is 0 Å². The van der Waals surface area contributed by atoms with Crippen LogP contribution in [0.2, 0.25) is 5.02 Å². The Bertz CT molecular complexity index is 547. The molecule has 0 unspecified atom stereocenters. The minimum atomic E-state index is 0.654. The Kier molecular flexibility index (Phi) is 4.38. The molecule has 4 nitrogen and oxygen atoms in total. The van der Waals surface area contributed by atoms with Gasteiger partial charge in [0.15, 0.2) is 0 Å². The number of hydrogen-bond donors (Lipinski definition) is 2. The molecule has 0 atom stereocenters. The second-order valence-corrected chi connectivity index (χ2v) is 4.75. The fraction of sp³-hybridized carbons (Fsp3) is 0.167. The van der Waals surface area contributed by atoms with Gasteiger partial charge in [-0.25, -0.2) is 9.97 Å². The van der Waals surface area contributed by atoms with Crippen molar-refractivity contribution in [2.24, 2.45) is 0 Å². The molecular weight excluding hydrogens is 316 g/mol. The lowest BCUT2D eigenvalue weighted by molar-refractivity contribution is 1.11. The molecule has 0 spiro atoms. The van der Waals surface area contributed by atoms with Crippen LogP contribution in [0.25, 0.3) is 0 Å². The first-order valence-corrected chi connectivity index (χ1v) is 6.64. The van der Waals surface area contributed by atoms with E-state index in [-0.39, 0.29) is 0 Å². The summed E-state index contributed by atoms with van der Waals surface area (Å²) in [6.45, 7) is 2.83. The molecule has 1 aromatic carbocycles. The van der Waals surface area contributed by atoms with Crippen LogP contribution in [0, 0.1) is 0 Å². The van der Waals surface area contributed by atoms with E-state index in [2.05, 4.69) is 36.5 Å². The Labute approximate surface area is 119 Å². The Morgan fingerprint density at radius 1 is 1.28 bits per heavy atom. The molecule has 0 fully saturated rings. The fourth-order valence-electron chi connectivity index (χ4n) is 1.44. The van der Waals surface area contributed by atoms with Gasteiger partial charge in [-0.1, -0.05) is 17.7 Å². The lowest BCUT2D eigenvalue weighted by Crippen LogP contribution is -2.01. The monoisotopic (exact) mass is 326 g/mol. The van der Waals surface area contributed by atoms with Gasteiger partial charge in [-0.3, -0.25) is 0 Å². The minimum absolute atomic E-state index is 0.654. The standard InChI is InChI=1S/C12H12BrClN4/c1-2-15-10-6-11(17-7-16-10)18-9-5-3-4-8(14)12(9)13/h3-7H,2H2,1H3,(H2,15,16,17,18). The Morgan fingerprint density at radius 3 is 2.83 bits per heavy atom. The van der Waals surface area contributed by atoms with Crippen molar-refractivity contribution >= 4 is 44.9 Å². The van der Waals surface area contributed by atoms with E-state index in [1.54, 1.807) is 0 Å². The van der Waals surface area contributed by atoms with Crippen molar-refractivity contribution in [3.05, 3.63) is 40.1 Å². The van der Waals surface area contributed by atoms with Crippen LogP contribution in [0.4, 0.5) is 17.3 Å². The number of benzene rings is 1. The number of rotatable bonds is 4. The first-order chi connectivity index (χ1) is 8.70. The maximum atomic E-state index is 6.03. The zero-order valence-electron chi connectivity index (χ0n) is 9.74. The number of aromatic nitrogens is 2. The summed E-state index contributed by atoms with van der Waals surface area (Å²) in [5, 5.41) is 6.97. The molecule has 2 rings (SSSR count). The second kappa shape index (κ2) is 6.02. The fourth-order valence-corrected chi connectivity index (χ4v) is 1.98. The van der Waals surface area contributed by atoms with Crippen LogP contribution < -0.4 is 10.6 Å². The number of halogens is 2. The zero-order chi connectivity index (χ0) is 13.0. The van der Waals surface area contributed by atoms with Crippen LogP contribution in [0.15, 0.2) is 35.1 Å². The highest BCUT2D eigenvalue weighted by molar-refractivity contribution is 9.10. The van der Waals surface area contributed by atoms with Crippen molar-refractivity contribution in [3.8, 4) is 0 Å². The summed E-state index contributed by atoms with van der Waals surface area (Å²) < 4.78 is 0.815. The van der Waals surface area contributed by atoms with Crippen molar-refractivity contribution in [1.82, 2.24) is 9.97 Å². The van der Waals surface area contributed by atoms with Gasteiger partial charge in [-0.15, -0.1) is 0 Å². The molecule has 0 aliphatic carbocycles. The average molecular weight is 328 g/mol. The van der Waals surface area contributed by atoms with Gasteiger partial charge in [-0.05, 0) is 35.0 Å². The van der Waals surface area contributed by atoms with Crippen molar-refractivity contribution in [2.75, 3.05) is 17.2 Å². The van der Waals surface area contributed by atoms with Crippen LogP contribution in [0.5, 0.6) is 0 Å². The smallest absolute Gasteiger partial charge is 0.135 e. The van der Waals surface area contributed by atoms with Gasteiger partial charge < -0.3 is 10.6 Å². The molecule has 1 heterocycles. The number of nitrogens with one attached hydrogen (secondary N) is 2. The molecule has 0 amide bonds. The van der Waals surface area contributed by atoms with Gasteiger partial charge in [0.2, 0.25) is 0 Å². The summed E-state index contributed by atoms with van der Waals surface area (Å²) in [6.07, 6.45) is 1.51. The van der Waals surface area contributed by atoms with E-state index in [0.29, 0.717) is 10.8 Å². The van der Waals surface area contributed by atoms with E-state index in [0.717, 1.165) is 22.5 Å². The molecule has 2 N–H and O–H groups in total. The number of hydrogen-bond acceptors (Lipinski definition) is 4. The number of nitrogens with zero attached hydrogens (tertiary/aromatic N) is 2. The van der Waals surface area contributed by atoms with Gasteiger partial charge in [-0.2, -0.15) is 0 Å². The van der Waals surface area contributed by atoms with Crippen LogP contribution >= 0.6 is 27.5 Å². The van der Waals surface area contributed by atoms with Crippen LogP contribution in [0.3, 0.4) is 0 Å². The first-order valence-electron chi connectivity index (χ1n) is 5.47. The highest BCUT2D eigenvalue weighted by Gasteiger charge is 2.05. The Hall–Kier alpha value is -1.33. The molecule has 0 aliphatic rings. The third-order valence-corrected chi connectivity index (χ3v) is 3.64. The summed E-state index contributed by atoms with van der Waals surface area (Å²) in [6, 6.07) is 7.46. The minimum Gasteiger partial charge on any atom is -0.370 e. The second-order valence-electron chi connectivity index (χ2n) is 3.55. The van der Waals surface area contributed by atoms with Gasteiger partial charge in [0.1, 0.15) is 18.0 Å². The maximum Gasteiger partial charge on any atom is 0.135 e. The molecule has 0 radical (unpaired) electrons. The summed E-state index contributed by atoms with van der Waals surface area (Å²) in [5.74, 6) is 1.50. The summed E-state index contributed by atoms with van der Waals surface area (Å²) in [5.41, 5.74) is 0.864. The molecule has 0 aliphatic heterocycles. The van der Waals surface area contributed by atoms with Crippen molar-refractivity contribution in [2.45, 2.75) is 6.92 Å². The SMILES string of the molecule is CCNc1cc(Nc2cccc(Cl)c2Br)ncn1. The van der Waals surface area contributed by atoms with Gasteiger partial charge in [0.25, 0.3) is 0 Å². The van der Waals surface area contributed by atoms with Gasteiger partial charge in [0.05, 0.1) is 15.2 Å². The Balaban J connectivity index is 2.23. The van der Waals surface area contributed by atoms with Gasteiger partial charge >= 0.3 is 0 Å². The van der Waals surface area contributed by atoms with E-state index in [1.807, 2.05) is 31.2 Å². The highest BCUT2D eigenvalue weighted by atomic mass is 79.9. The highest BCUT2D eigenvalue weighted by Crippen LogP contribution is 2.31. The average Bonchev–Trinajstić information content (AvgIpc) is 2.36. The third kappa shape index (κ3) is 3.11. The molecule has 2 aromatic rings. The normalized spacial score (nSPS) is 10.2. The quantitative estimate of drug-likeness (QED) is 0.889. The van der Waals surface area contributed by atoms with Gasteiger partial charge in [0, 0.05) is 12.6 Å². The predicted molar refractivity (Wildman–Crippen MR) is 78.6 cm³/mol.